The molecule has 0 N–H and O–H groups in total. The van der Waals surface area contributed by atoms with Crippen LogP contribution >= 0.6 is 11.6 Å². The van der Waals surface area contributed by atoms with Crippen LogP contribution in [0, 0.1) is 23.3 Å². The molecule has 1 rings (SSSR count). The van der Waals surface area contributed by atoms with Crippen molar-refractivity contribution in [2.24, 2.45) is 0 Å². The normalized spacial score (nSPS) is 8.90. The van der Waals surface area contributed by atoms with Gasteiger partial charge in [-0.05, 0) is 6.07 Å². The van der Waals surface area contributed by atoms with E-state index in [9.17, 15) is 4.39 Å². The largest absolute Gasteiger partial charge is 0.230 e. The van der Waals surface area contributed by atoms with Crippen molar-refractivity contribution in [2.75, 3.05) is 0 Å². The zero-order valence-electron chi connectivity index (χ0n) is 4.73. The van der Waals surface area contributed by atoms with Gasteiger partial charge < -0.3 is 0 Å². The summed E-state index contributed by atoms with van der Waals surface area (Å²) in [5, 5.41) is 8.26. The third-order valence-corrected chi connectivity index (χ3v) is 1.16. The Balaban J connectivity index is 3.25. The van der Waals surface area contributed by atoms with Crippen molar-refractivity contribution in [1.82, 2.24) is 4.98 Å². The molecule has 0 spiro atoms. The standard InChI is InChI=1S/C6HClFN2/c7-6-4(2-9)1-5(8)3-10-6/h1H. The Kier molecular flexibility index (Phi) is 1.83. The van der Waals surface area contributed by atoms with Crippen molar-refractivity contribution in [3.05, 3.63) is 28.8 Å². The zero-order chi connectivity index (χ0) is 7.56. The van der Waals surface area contributed by atoms with E-state index in [1.807, 2.05) is 6.20 Å². The van der Waals surface area contributed by atoms with E-state index in [1.54, 1.807) is 6.07 Å². The minimum absolute atomic E-state index is 0.0242. The van der Waals surface area contributed by atoms with Crippen LogP contribution in [0.2, 0.25) is 5.15 Å². The number of hydrogen-bond acceptors (Lipinski definition) is 2. The quantitative estimate of drug-likeness (QED) is 0.533. The number of nitrogens with zero attached hydrogens (tertiary/aromatic N) is 2. The van der Waals surface area contributed by atoms with Gasteiger partial charge in [-0.1, -0.05) is 11.6 Å². The van der Waals surface area contributed by atoms with Crippen molar-refractivity contribution in [2.45, 2.75) is 0 Å². The minimum Gasteiger partial charge on any atom is -0.230 e. The van der Waals surface area contributed by atoms with Gasteiger partial charge in [0.15, 0.2) is 5.82 Å². The first-order valence-electron chi connectivity index (χ1n) is 2.38. The molecule has 2 nitrogen and oxygen atoms in total. The third kappa shape index (κ3) is 1.23. The first-order chi connectivity index (χ1) is 4.74. The number of hydrogen-bond donors (Lipinski definition) is 0. The lowest BCUT2D eigenvalue weighted by molar-refractivity contribution is 0.618. The lowest BCUT2D eigenvalue weighted by Crippen LogP contribution is -1.84. The summed E-state index contributed by atoms with van der Waals surface area (Å²) in [6.45, 7) is 0. The molecule has 0 atom stereocenters. The molecule has 0 saturated heterocycles. The SMILES string of the molecule is N#Cc1cc(F)[c]nc1Cl. The van der Waals surface area contributed by atoms with Gasteiger partial charge >= 0.3 is 0 Å². The Morgan fingerprint density at radius 3 is 3.00 bits per heavy atom. The predicted octanol–water partition coefficient (Wildman–Crippen LogP) is 1.55. The second-order valence-electron chi connectivity index (χ2n) is 1.53. The molecule has 10 heavy (non-hydrogen) atoms. The molecule has 0 saturated carbocycles. The predicted molar refractivity (Wildman–Crippen MR) is 32.8 cm³/mol. The average Bonchev–Trinajstić information content (AvgIpc) is 1.94. The lowest BCUT2D eigenvalue weighted by atomic mass is 10.3. The molecule has 1 radical (unpaired) electrons. The van der Waals surface area contributed by atoms with Crippen LogP contribution in [0.1, 0.15) is 5.56 Å². The Labute approximate surface area is 61.9 Å². The van der Waals surface area contributed by atoms with Gasteiger partial charge in [0, 0.05) is 0 Å². The van der Waals surface area contributed by atoms with Gasteiger partial charge in [0.1, 0.15) is 17.4 Å². The lowest BCUT2D eigenvalue weighted by Gasteiger charge is -1.89. The van der Waals surface area contributed by atoms with Crippen LogP contribution in [0.25, 0.3) is 0 Å². The summed E-state index contributed by atoms with van der Waals surface area (Å²) in [5.41, 5.74) is 0.0258. The molecule has 0 aliphatic rings. The van der Waals surface area contributed by atoms with Crippen LogP contribution in [0.15, 0.2) is 6.07 Å². The van der Waals surface area contributed by atoms with E-state index in [4.69, 9.17) is 16.9 Å². The minimum atomic E-state index is -0.680. The van der Waals surface area contributed by atoms with E-state index in [1.165, 1.54) is 0 Å². The van der Waals surface area contributed by atoms with Gasteiger partial charge in [0.05, 0.1) is 5.56 Å². The molecule has 0 aromatic carbocycles. The number of pyridine rings is 1. The highest BCUT2D eigenvalue weighted by molar-refractivity contribution is 6.30. The van der Waals surface area contributed by atoms with Crippen molar-refractivity contribution in [3.63, 3.8) is 0 Å². The molecule has 1 heterocycles. The topological polar surface area (TPSA) is 36.7 Å². The monoisotopic (exact) mass is 155 g/mol. The maximum atomic E-state index is 12.2. The van der Waals surface area contributed by atoms with Gasteiger partial charge in [-0.15, -0.1) is 0 Å². The van der Waals surface area contributed by atoms with Gasteiger partial charge in [-0.3, -0.25) is 0 Å². The number of rotatable bonds is 0. The first-order valence-corrected chi connectivity index (χ1v) is 2.75. The summed E-state index contributed by atoms with van der Waals surface area (Å²) in [6.07, 6.45) is 1.97. The molecular formula is C6HClFN2. The highest BCUT2D eigenvalue weighted by Crippen LogP contribution is 2.10. The van der Waals surface area contributed by atoms with Crippen molar-refractivity contribution in [1.29, 1.82) is 5.26 Å². The van der Waals surface area contributed by atoms with Crippen LogP contribution in [-0.2, 0) is 0 Å². The van der Waals surface area contributed by atoms with Gasteiger partial charge in [0.2, 0.25) is 0 Å². The fourth-order valence-electron chi connectivity index (χ4n) is 0.460. The summed E-state index contributed by atoms with van der Waals surface area (Å²) < 4.78 is 12.2. The second-order valence-corrected chi connectivity index (χ2v) is 1.89. The molecule has 4 heteroatoms. The Morgan fingerprint density at radius 2 is 2.50 bits per heavy atom. The molecular weight excluding hydrogens is 155 g/mol. The summed E-state index contributed by atoms with van der Waals surface area (Å²) in [5.74, 6) is -0.680. The number of aromatic nitrogens is 1. The Hall–Kier alpha value is -1.14. The Morgan fingerprint density at radius 1 is 1.80 bits per heavy atom. The first kappa shape index (κ1) is 6.97. The second kappa shape index (κ2) is 2.63. The molecule has 49 valence electrons. The van der Waals surface area contributed by atoms with Gasteiger partial charge in [0.25, 0.3) is 0 Å². The van der Waals surface area contributed by atoms with Crippen molar-refractivity contribution in [3.8, 4) is 6.07 Å². The summed E-state index contributed by atoms with van der Waals surface area (Å²) in [4.78, 5) is 3.29. The third-order valence-electron chi connectivity index (χ3n) is 0.875. The van der Waals surface area contributed by atoms with Crippen LogP contribution in [0.3, 0.4) is 0 Å². The summed E-state index contributed by atoms with van der Waals surface area (Å²) >= 11 is 5.36. The molecule has 0 bridgehead atoms. The fraction of sp³-hybridized carbons (Fsp3) is 0. The van der Waals surface area contributed by atoms with Crippen molar-refractivity contribution < 1.29 is 4.39 Å². The van der Waals surface area contributed by atoms with Gasteiger partial charge in [-0.2, -0.15) is 5.26 Å². The highest BCUT2D eigenvalue weighted by Gasteiger charge is 2.01. The highest BCUT2D eigenvalue weighted by atomic mass is 35.5. The molecule has 0 unspecified atom stereocenters. The van der Waals surface area contributed by atoms with Crippen LogP contribution < -0.4 is 0 Å². The number of nitriles is 1. The van der Waals surface area contributed by atoms with E-state index in [2.05, 4.69) is 4.98 Å². The van der Waals surface area contributed by atoms with E-state index in [0.29, 0.717) is 0 Å². The van der Waals surface area contributed by atoms with Crippen LogP contribution in [0.4, 0.5) is 4.39 Å². The van der Waals surface area contributed by atoms with E-state index >= 15 is 0 Å². The molecule has 1 aromatic rings. The van der Waals surface area contributed by atoms with E-state index in [0.717, 1.165) is 6.07 Å². The van der Waals surface area contributed by atoms with Gasteiger partial charge in [-0.25, -0.2) is 9.37 Å². The maximum absolute atomic E-state index is 12.2. The fourth-order valence-corrected chi connectivity index (χ4v) is 0.599. The van der Waals surface area contributed by atoms with Crippen molar-refractivity contribution >= 4 is 11.6 Å². The summed E-state index contributed by atoms with van der Waals surface area (Å²) in [6, 6.07) is 2.66. The maximum Gasteiger partial charge on any atom is 0.152 e. The smallest absolute Gasteiger partial charge is 0.152 e. The Bertz CT molecular complexity index is 292. The molecule has 1 aromatic heterocycles. The number of halogens is 2. The molecule has 0 aliphatic carbocycles. The summed E-state index contributed by atoms with van der Waals surface area (Å²) in [7, 11) is 0. The average molecular weight is 156 g/mol. The zero-order valence-corrected chi connectivity index (χ0v) is 5.48. The van der Waals surface area contributed by atoms with Crippen LogP contribution in [0.5, 0.6) is 0 Å². The van der Waals surface area contributed by atoms with E-state index < -0.39 is 5.82 Å². The van der Waals surface area contributed by atoms with Crippen LogP contribution in [-0.4, -0.2) is 4.98 Å². The molecule has 0 fully saturated rings. The molecule has 0 aliphatic heterocycles. The molecule has 0 amide bonds. The van der Waals surface area contributed by atoms with E-state index in [-0.39, 0.29) is 10.7 Å².